The van der Waals surface area contributed by atoms with Crippen LogP contribution in [0.15, 0.2) is 36.4 Å². The van der Waals surface area contributed by atoms with Crippen molar-refractivity contribution in [2.45, 2.75) is 13.0 Å². The zero-order valence-electron chi connectivity index (χ0n) is 12.9. The Balaban J connectivity index is 2.03. The minimum absolute atomic E-state index is 0.101. The van der Waals surface area contributed by atoms with Crippen LogP contribution in [-0.2, 0) is 9.53 Å². The Morgan fingerprint density at radius 3 is 2.28 bits per heavy atom. The topological polar surface area (TPSA) is 72.5 Å². The van der Waals surface area contributed by atoms with Gasteiger partial charge in [-0.1, -0.05) is 12.1 Å². The van der Waals surface area contributed by atoms with E-state index >= 15 is 0 Å². The number of nitrogens with one attached hydrogen (secondary N) is 1. The molecular weight excluding hydrogens is 339 g/mol. The summed E-state index contributed by atoms with van der Waals surface area (Å²) in [7, 11) is 0. The largest absolute Gasteiger partial charge is 0.449 e. The number of rotatable bonds is 5. The number of hydrogen-bond acceptors (Lipinski definition) is 4. The fraction of sp³-hybridized carbons (Fsp3) is 0.118. The number of anilines is 1. The van der Waals surface area contributed by atoms with E-state index in [1.807, 2.05) is 5.32 Å². The van der Waals surface area contributed by atoms with Gasteiger partial charge in [-0.15, -0.1) is 0 Å². The maximum atomic E-state index is 13.5. The summed E-state index contributed by atoms with van der Waals surface area (Å²) in [5.41, 5.74) is -0.123. The molecular formula is C17H12F3NO4. The molecule has 0 unspecified atom stereocenters. The first-order valence-electron chi connectivity index (χ1n) is 7.04. The van der Waals surface area contributed by atoms with Crippen molar-refractivity contribution in [2.75, 3.05) is 5.32 Å². The summed E-state index contributed by atoms with van der Waals surface area (Å²) in [4.78, 5) is 34.4. The lowest BCUT2D eigenvalue weighted by molar-refractivity contribution is -0.123. The van der Waals surface area contributed by atoms with Gasteiger partial charge in [0.15, 0.2) is 23.6 Å². The van der Waals surface area contributed by atoms with E-state index in [0.29, 0.717) is 17.9 Å². The van der Waals surface area contributed by atoms with Crippen LogP contribution in [0.3, 0.4) is 0 Å². The van der Waals surface area contributed by atoms with Gasteiger partial charge in [-0.2, -0.15) is 0 Å². The van der Waals surface area contributed by atoms with Crippen molar-refractivity contribution >= 4 is 23.9 Å². The fourth-order valence-corrected chi connectivity index (χ4v) is 1.84. The average Bonchev–Trinajstić information content (AvgIpc) is 2.62. The number of carbonyl (C=O) groups excluding carboxylic acids is 3. The van der Waals surface area contributed by atoms with E-state index in [1.165, 1.54) is 31.2 Å². The predicted molar refractivity (Wildman–Crippen MR) is 81.7 cm³/mol. The highest BCUT2D eigenvalue weighted by molar-refractivity contribution is 5.97. The van der Waals surface area contributed by atoms with Gasteiger partial charge in [0.25, 0.3) is 5.91 Å². The first-order chi connectivity index (χ1) is 11.8. The molecule has 2 aromatic rings. The van der Waals surface area contributed by atoms with Crippen LogP contribution in [0, 0.1) is 17.5 Å². The number of esters is 1. The quantitative estimate of drug-likeness (QED) is 0.510. The van der Waals surface area contributed by atoms with E-state index in [1.54, 1.807) is 0 Å². The Morgan fingerprint density at radius 2 is 1.68 bits per heavy atom. The van der Waals surface area contributed by atoms with Gasteiger partial charge in [0.1, 0.15) is 6.29 Å². The van der Waals surface area contributed by atoms with Crippen LogP contribution >= 0.6 is 0 Å². The molecule has 25 heavy (non-hydrogen) atoms. The van der Waals surface area contributed by atoms with Crippen LogP contribution in [0.1, 0.15) is 27.6 Å². The summed E-state index contributed by atoms with van der Waals surface area (Å²) in [6.07, 6.45) is -0.729. The first-order valence-corrected chi connectivity index (χ1v) is 7.04. The average molecular weight is 351 g/mol. The summed E-state index contributed by atoms with van der Waals surface area (Å²) < 4.78 is 44.4. The van der Waals surface area contributed by atoms with E-state index < -0.39 is 41.1 Å². The van der Waals surface area contributed by atoms with Crippen LogP contribution in [-0.4, -0.2) is 24.3 Å². The summed E-state index contributed by atoms with van der Waals surface area (Å²) >= 11 is 0. The minimum Gasteiger partial charge on any atom is -0.449 e. The van der Waals surface area contributed by atoms with Gasteiger partial charge in [0.05, 0.1) is 11.3 Å². The summed E-state index contributed by atoms with van der Waals surface area (Å²) in [6, 6.07) is 6.96. The number of ether oxygens (including phenoxy) is 1. The second-order valence-electron chi connectivity index (χ2n) is 5.00. The molecule has 1 N–H and O–H groups in total. The number of hydrogen-bond donors (Lipinski definition) is 1. The molecule has 0 bridgehead atoms. The number of amides is 1. The number of halogens is 3. The van der Waals surface area contributed by atoms with Crippen molar-refractivity contribution in [1.29, 1.82) is 0 Å². The molecule has 2 rings (SSSR count). The van der Waals surface area contributed by atoms with Crippen molar-refractivity contribution in [3.05, 3.63) is 65.0 Å². The second-order valence-corrected chi connectivity index (χ2v) is 5.00. The van der Waals surface area contributed by atoms with Crippen molar-refractivity contribution in [2.24, 2.45) is 0 Å². The predicted octanol–water partition coefficient (Wildman–Crippen LogP) is 3.10. The zero-order valence-corrected chi connectivity index (χ0v) is 12.9. The Kier molecular flexibility index (Phi) is 5.53. The van der Waals surface area contributed by atoms with Crippen LogP contribution in [0.5, 0.6) is 0 Å². The standard InChI is InChI=1S/C17H12F3NO4/c1-9(25-17(24)11-4-2-10(8-22)3-5-11)16(23)21-13-7-6-12(18)14(19)15(13)20/h2-9H,1H3,(H,21,23)/t9-/m0/s1. The number of benzene rings is 2. The van der Waals surface area contributed by atoms with E-state index in [9.17, 15) is 27.6 Å². The third-order valence-corrected chi connectivity index (χ3v) is 3.23. The Labute approximate surface area is 140 Å². The van der Waals surface area contributed by atoms with Crippen LogP contribution in [0.4, 0.5) is 18.9 Å². The highest BCUT2D eigenvalue weighted by Gasteiger charge is 2.22. The summed E-state index contributed by atoms with van der Waals surface area (Å²) in [5.74, 6) is -6.45. The smallest absolute Gasteiger partial charge is 0.338 e. The van der Waals surface area contributed by atoms with Gasteiger partial charge < -0.3 is 10.1 Å². The van der Waals surface area contributed by atoms with E-state index in [4.69, 9.17) is 4.74 Å². The van der Waals surface area contributed by atoms with Crippen molar-refractivity contribution in [3.63, 3.8) is 0 Å². The molecule has 0 fully saturated rings. The van der Waals surface area contributed by atoms with Crippen molar-refractivity contribution in [3.8, 4) is 0 Å². The van der Waals surface area contributed by atoms with Crippen LogP contribution in [0.25, 0.3) is 0 Å². The third kappa shape index (κ3) is 4.23. The fourth-order valence-electron chi connectivity index (χ4n) is 1.84. The molecule has 0 aromatic heterocycles. The second kappa shape index (κ2) is 7.61. The molecule has 0 aliphatic heterocycles. The molecule has 0 aliphatic rings. The minimum atomic E-state index is -1.72. The summed E-state index contributed by atoms with van der Waals surface area (Å²) in [6.45, 7) is 1.23. The highest BCUT2D eigenvalue weighted by atomic mass is 19.2. The van der Waals surface area contributed by atoms with Gasteiger partial charge >= 0.3 is 5.97 Å². The van der Waals surface area contributed by atoms with Gasteiger partial charge in [-0.3, -0.25) is 9.59 Å². The molecule has 0 saturated heterocycles. The maximum Gasteiger partial charge on any atom is 0.338 e. The Morgan fingerprint density at radius 1 is 1.04 bits per heavy atom. The van der Waals surface area contributed by atoms with Crippen molar-refractivity contribution in [1.82, 2.24) is 0 Å². The molecule has 0 aliphatic carbocycles. The molecule has 1 atom stereocenters. The summed E-state index contributed by atoms with van der Waals surface area (Å²) in [5, 5.41) is 2.01. The van der Waals surface area contributed by atoms with Gasteiger partial charge in [0, 0.05) is 5.56 Å². The lowest BCUT2D eigenvalue weighted by Gasteiger charge is -2.14. The Bertz CT molecular complexity index is 821. The zero-order chi connectivity index (χ0) is 18.6. The molecule has 8 heteroatoms. The van der Waals surface area contributed by atoms with Crippen LogP contribution in [0.2, 0.25) is 0 Å². The van der Waals surface area contributed by atoms with Gasteiger partial charge in [-0.25, -0.2) is 18.0 Å². The third-order valence-electron chi connectivity index (χ3n) is 3.23. The molecule has 0 radical (unpaired) electrons. The molecule has 1 amide bonds. The lowest BCUT2D eigenvalue weighted by atomic mass is 10.1. The number of aldehydes is 1. The van der Waals surface area contributed by atoms with E-state index in [-0.39, 0.29) is 5.56 Å². The first kappa shape index (κ1) is 18.2. The molecule has 0 heterocycles. The molecule has 2 aromatic carbocycles. The van der Waals surface area contributed by atoms with E-state index in [0.717, 1.165) is 6.07 Å². The van der Waals surface area contributed by atoms with Crippen LogP contribution < -0.4 is 5.32 Å². The normalized spacial score (nSPS) is 11.5. The number of carbonyl (C=O) groups is 3. The van der Waals surface area contributed by atoms with Gasteiger partial charge in [0.2, 0.25) is 0 Å². The van der Waals surface area contributed by atoms with Gasteiger partial charge in [-0.05, 0) is 31.2 Å². The lowest BCUT2D eigenvalue weighted by Crippen LogP contribution is -2.30. The monoisotopic (exact) mass is 351 g/mol. The Hall–Kier alpha value is -3.16. The van der Waals surface area contributed by atoms with Crippen molar-refractivity contribution < 1.29 is 32.3 Å². The molecule has 5 nitrogen and oxygen atoms in total. The van der Waals surface area contributed by atoms with E-state index in [2.05, 4.69) is 0 Å². The SMILES string of the molecule is C[C@H](OC(=O)c1ccc(C=O)cc1)C(=O)Nc1ccc(F)c(F)c1F. The maximum absolute atomic E-state index is 13.5. The molecule has 0 saturated carbocycles. The molecule has 130 valence electrons. The molecule has 0 spiro atoms. The highest BCUT2D eigenvalue weighted by Crippen LogP contribution is 2.20.